The Morgan fingerprint density at radius 1 is 1.16 bits per heavy atom. The molecule has 2 N–H and O–H groups in total. The Hall–Kier alpha value is -3.11. The Bertz CT molecular complexity index is 1160. The van der Waals surface area contributed by atoms with E-state index >= 15 is 0 Å². The van der Waals surface area contributed by atoms with Gasteiger partial charge in [-0.15, -0.1) is 0 Å². The first-order chi connectivity index (χ1) is 18.3. The minimum atomic E-state index is -1.35. The van der Waals surface area contributed by atoms with E-state index in [9.17, 15) is 24.3 Å². The molecule has 1 unspecified atom stereocenters. The average molecular weight is 530 g/mol. The predicted octanol–water partition coefficient (Wildman–Crippen LogP) is 3.60. The van der Waals surface area contributed by atoms with Crippen LogP contribution in [0, 0.1) is 6.92 Å². The summed E-state index contributed by atoms with van der Waals surface area (Å²) in [4.78, 5) is 56.3. The summed E-state index contributed by atoms with van der Waals surface area (Å²) >= 11 is 0. The molecular weight excluding hydrogens is 490 g/mol. The summed E-state index contributed by atoms with van der Waals surface area (Å²) in [5.74, 6) is -1.10. The number of unbranched alkanes of at least 4 members (excludes halogenated alkanes) is 8. The molecule has 3 rings (SSSR count). The van der Waals surface area contributed by atoms with Crippen LogP contribution < -0.4 is 11.2 Å². The van der Waals surface area contributed by atoms with E-state index in [0.717, 1.165) is 19.3 Å². The van der Waals surface area contributed by atoms with Gasteiger partial charge in [0, 0.05) is 37.0 Å². The second-order valence-electron chi connectivity index (χ2n) is 9.95. The van der Waals surface area contributed by atoms with Crippen LogP contribution in [-0.4, -0.2) is 49.7 Å². The molecule has 208 valence electrons. The number of nitrogens with one attached hydrogen (secondary N) is 1. The zero-order valence-electron chi connectivity index (χ0n) is 22.3. The van der Waals surface area contributed by atoms with Crippen molar-refractivity contribution >= 4 is 11.8 Å². The molecule has 0 saturated carbocycles. The van der Waals surface area contributed by atoms with Gasteiger partial charge in [-0.25, -0.2) is 9.59 Å². The molecule has 4 atom stereocenters. The predicted molar refractivity (Wildman–Crippen MR) is 141 cm³/mol. The quantitative estimate of drug-likeness (QED) is 0.263. The average Bonchev–Trinajstić information content (AvgIpc) is 3.29. The fourth-order valence-electron chi connectivity index (χ4n) is 4.66. The lowest BCUT2D eigenvalue weighted by Crippen LogP contribution is -2.43. The topological polar surface area (TPSA) is 141 Å². The Balaban J connectivity index is 1.66. The third-order valence-corrected chi connectivity index (χ3v) is 6.87. The molecular formula is C28H39N3O7. The Morgan fingerprint density at radius 2 is 1.84 bits per heavy atom. The lowest BCUT2D eigenvalue weighted by molar-refractivity contribution is -0.142. The molecule has 0 amide bonds. The molecule has 3 heterocycles. The summed E-state index contributed by atoms with van der Waals surface area (Å²) in [7, 11) is 0. The molecule has 0 spiro atoms. The number of nitrogens with zero attached hydrogens (tertiary/aromatic N) is 2. The van der Waals surface area contributed by atoms with Crippen LogP contribution in [0.5, 0.6) is 0 Å². The van der Waals surface area contributed by atoms with Gasteiger partial charge < -0.3 is 14.6 Å². The van der Waals surface area contributed by atoms with Crippen LogP contribution in [-0.2, 0) is 14.3 Å². The first-order valence-electron chi connectivity index (χ1n) is 13.6. The molecule has 1 aliphatic heterocycles. The van der Waals surface area contributed by atoms with Gasteiger partial charge in [0.25, 0.3) is 5.56 Å². The largest absolute Gasteiger partial charge is 0.448 e. The molecule has 0 aromatic carbocycles. The number of carbonyl (C=O) groups is 2. The number of ether oxygens (including phenoxy) is 2. The maximum Gasteiger partial charge on any atom is 0.340 e. The van der Waals surface area contributed by atoms with Crippen LogP contribution in [0.3, 0.4) is 0 Å². The number of ketones is 1. The Labute approximate surface area is 222 Å². The second-order valence-corrected chi connectivity index (χ2v) is 9.95. The maximum absolute atomic E-state index is 13.3. The Kier molecular flexibility index (Phi) is 11.4. The molecule has 1 aliphatic rings. The molecule has 2 aromatic rings. The number of aromatic nitrogens is 3. The summed E-state index contributed by atoms with van der Waals surface area (Å²) in [5, 5.41) is 10.8. The van der Waals surface area contributed by atoms with Crippen molar-refractivity contribution in [2.45, 2.75) is 109 Å². The molecule has 38 heavy (non-hydrogen) atoms. The molecule has 1 saturated heterocycles. The number of pyridine rings is 1. The SMILES string of the molecule is CCCCCCCCCCCC(=O)C(OC(=O)c1cccnc1)[C@H]1O[C@@H](n2cc(C)c(=O)[nH]c2=O)C[C@@H]1O. The molecule has 10 nitrogen and oxygen atoms in total. The maximum atomic E-state index is 13.3. The van der Waals surface area contributed by atoms with E-state index in [-0.39, 0.29) is 24.2 Å². The second kappa shape index (κ2) is 14.7. The highest BCUT2D eigenvalue weighted by Crippen LogP contribution is 2.32. The Morgan fingerprint density at radius 3 is 2.50 bits per heavy atom. The number of aromatic amines is 1. The van der Waals surface area contributed by atoms with Crippen molar-refractivity contribution in [3.8, 4) is 0 Å². The molecule has 0 bridgehead atoms. The van der Waals surface area contributed by atoms with E-state index in [1.807, 2.05) is 0 Å². The molecule has 1 fully saturated rings. The van der Waals surface area contributed by atoms with Crippen LogP contribution in [0.4, 0.5) is 0 Å². The van der Waals surface area contributed by atoms with Crippen LogP contribution in [0.25, 0.3) is 0 Å². The summed E-state index contributed by atoms with van der Waals surface area (Å²) in [6.45, 7) is 3.74. The van der Waals surface area contributed by atoms with E-state index < -0.39 is 41.8 Å². The number of Topliss-reactive ketones (excluding diaryl/α,β-unsaturated/α-hetero) is 1. The number of aliphatic hydroxyl groups excluding tert-OH is 1. The number of carbonyl (C=O) groups excluding carboxylic acids is 2. The number of esters is 1. The van der Waals surface area contributed by atoms with Crippen molar-refractivity contribution in [1.82, 2.24) is 14.5 Å². The van der Waals surface area contributed by atoms with Crippen LogP contribution in [0.1, 0.15) is 99.7 Å². The van der Waals surface area contributed by atoms with Gasteiger partial charge in [-0.05, 0) is 25.5 Å². The third kappa shape index (κ3) is 8.19. The minimum Gasteiger partial charge on any atom is -0.448 e. The van der Waals surface area contributed by atoms with Crippen LogP contribution >= 0.6 is 0 Å². The van der Waals surface area contributed by atoms with Gasteiger partial charge in [-0.1, -0.05) is 58.3 Å². The number of hydrogen-bond acceptors (Lipinski definition) is 8. The summed E-state index contributed by atoms with van der Waals surface area (Å²) < 4.78 is 12.7. The summed E-state index contributed by atoms with van der Waals surface area (Å²) in [6.07, 6.45) is 9.58. The highest BCUT2D eigenvalue weighted by Gasteiger charge is 2.45. The van der Waals surface area contributed by atoms with E-state index in [0.29, 0.717) is 12.0 Å². The fraction of sp³-hybridized carbons (Fsp3) is 0.607. The van der Waals surface area contributed by atoms with E-state index in [4.69, 9.17) is 9.47 Å². The lowest BCUT2D eigenvalue weighted by Gasteiger charge is -2.25. The van der Waals surface area contributed by atoms with Crippen molar-refractivity contribution in [2.24, 2.45) is 0 Å². The van der Waals surface area contributed by atoms with Gasteiger partial charge in [0.2, 0.25) is 0 Å². The van der Waals surface area contributed by atoms with Gasteiger partial charge in [-0.2, -0.15) is 0 Å². The first-order valence-corrected chi connectivity index (χ1v) is 13.6. The highest BCUT2D eigenvalue weighted by molar-refractivity contribution is 5.92. The molecule has 10 heteroatoms. The van der Waals surface area contributed by atoms with E-state index in [1.165, 1.54) is 61.3 Å². The summed E-state index contributed by atoms with van der Waals surface area (Å²) in [6, 6.07) is 3.10. The van der Waals surface area contributed by atoms with Gasteiger partial charge in [0.05, 0.1) is 11.7 Å². The highest BCUT2D eigenvalue weighted by atomic mass is 16.6. The van der Waals surface area contributed by atoms with Crippen LogP contribution in [0.2, 0.25) is 0 Å². The number of H-pyrrole nitrogens is 1. The normalized spacial score (nSPS) is 19.8. The van der Waals surface area contributed by atoms with Crippen molar-refractivity contribution in [3.63, 3.8) is 0 Å². The van der Waals surface area contributed by atoms with E-state index in [1.54, 1.807) is 13.0 Å². The summed E-state index contributed by atoms with van der Waals surface area (Å²) in [5.41, 5.74) is -0.735. The van der Waals surface area contributed by atoms with Gasteiger partial charge in [-0.3, -0.25) is 24.1 Å². The molecule has 2 aromatic heterocycles. The first kappa shape index (κ1) is 29.4. The number of hydrogen-bond donors (Lipinski definition) is 2. The smallest absolute Gasteiger partial charge is 0.340 e. The zero-order chi connectivity index (χ0) is 27.5. The third-order valence-electron chi connectivity index (χ3n) is 6.87. The molecule has 0 radical (unpaired) electrons. The standard InChI is InChI=1S/C28H39N3O7/c1-3-4-5-6-7-8-9-10-11-14-21(32)24(38-27(35)20-13-12-15-29-17-20)25-22(33)16-23(37-25)31-18-19(2)26(34)30-28(31)36/h12-13,15,17-18,22-25,33H,3-11,14,16H2,1-2H3,(H,30,34,36)/t22-,23+,24?,25-/m0/s1. The van der Waals surface area contributed by atoms with Gasteiger partial charge >= 0.3 is 11.7 Å². The van der Waals surface area contributed by atoms with Crippen molar-refractivity contribution in [3.05, 3.63) is 62.7 Å². The lowest BCUT2D eigenvalue weighted by atomic mass is 9.99. The van der Waals surface area contributed by atoms with Crippen molar-refractivity contribution < 1.29 is 24.2 Å². The zero-order valence-corrected chi connectivity index (χ0v) is 22.3. The van der Waals surface area contributed by atoms with Gasteiger partial charge in [0.15, 0.2) is 11.9 Å². The minimum absolute atomic E-state index is 0.0116. The number of aryl methyl sites for hydroxylation is 1. The monoisotopic (exact) mass is 529 g/mol. The molecule has 0 aliphatic carbocycles. The van der Waals surface area contributed by atoms with Gasteiger partial charge in [0.1, 0.15) is 12.3 Å². The van der Waals surface area contributed by atoms with E-state index in [2.05, 4.69) is 16.9 Å². The van der Waals surface area contributed by atoms with Crippen molar-refractivity contribution in [1.29, 1.82) is 0 Å². The number of aliphatic hydroxyl groups is 1. The fourth-order valence-corrected chi connectivity index (χ4v) is 4.66. The van der Waals surface area contributed by atoms with Crippen molar-refractivity contribution in [2.75, 3.05) is 0 Å². The number of rotatable bonds is 15. The van der Waals surface area contributed by atoms with Crippen LogP contribution in [0.15, 0.2) is 40.3 Å².